The topological polar surface area (TPSA) is 72.5 Å². The van der Waals surface area contributed by atoms with E-state index in [9.17, 15) is 26.4 Å². The summed E-state index contributed by atoms with van der Waals surface area (Å²) in [5, 5.41) is 0.311. The van der Waals surface area contributed by atoms with Gasteiger partial charge in [0.05, 0.1) is 0 Å². The highest BCUT2D eigenvalue weighted by Gasteiger charge is 2.47. The summed E-state index contributed by atoms with van der Waals surface area (Å²) in [6, 6.07) is 4.98. The van der Waals surface area contributed by atoms with Gasteiger partial charge in [-0.05, 0) is 24.3 Å². The first-order valence-corrected chi connectivity index (χ1v) is 6.04. The van der Waals surface area contributed by atoms with E-state index in [0.717, 1.165) is 0 Å². The molecule has 0 unspecified atom stereocenters. The zero-order valence-corrected chi connectivity index (χ0v) is 9.93. The SMILES string of the molecule is O=C(NS(=O)(=O)C(F)(F)F)Oc1ccc(Cl)cc1. The number of ether oxygens (including phenoxy) is 1. The van der Waals surface area contributed by atoms with E-state index in [1.807, 2.05) is 0 Å². The second kappa shape index (κ2) is 5.02. The highest BCUT2D eigenvalue weighted by molar-refractivity contribution is 7.90. The Morgan fingerprint density at radius 3 is 2.17 bits per heavy atom. The first-order valence-electron chi connectivity index (χ1n) is 4.18. The van der Waals surface area contributed by atoms with Crippen molar-refractivity contribution in [3.8, 4) is 5.75 Å². The number of hydrogen-bond donors (Lipinski definition) is 1. The maximum Gasteiger partial charge on any atom is 0.516 e. The normalized spacial score (nSPS) is 12.0. The van der Waals surface area contributed by atoms with Crippen molar-refractivity contribution in [2.75, 3.05) is 0 Å². The lowest BCUT2D eigenvalue weighted by Crippen LogP contribution is -2.41. The molecular formula is C8H5ClF3NO4S. The van der Waals surface area contributed by atoms with E-state index in [-0.39, 0.29) is 5.75 Å². The van der Waals surface area contributed by atoms with Crippen LogP contribution in [0.3, 0.4) is 0 Å². The van der Waals surface area contributed by atoms with Crippen LogP contribution in [0.15, 0.2) is 24.3 Å². The van der Waals surface area contributed by atoms with Crippen LogP contribution in [-0.2, 0) is 10.0 Å². The van der Waals surface area contributed by atoms with Crippen molar-refractivity contribution < 1.29 is 31.1 Å². The van der Waals surface area contributed by atoms with Crippen molar-refractivity contribution in [3.05, 3.63) is 29.3 Å². The van der Waals surface area contributed by atoms with Gasteiger partial charge >= 0.3 is 21.6 Å². The van der Waals surface area contributed by atoms with Crippen LogP contribution in [0.2, 0.25) is 5.02 Å². The van der Waals surface area contributed by atoms with Gasteiger partial charge in [0.1, 0.15) is 5.75 Å². The number of hydrogen-bond acceptors (Lipinski definition) is 4. The average Bonchev–Trinajstić information content (AvgIpc) is 2.19. The van der Waals surface area contributed by atoms with Crippen molar-refractivity contribution in [1.82, 2.24) is 4.72 Å². The first kappa shape index (κ1) is 14.6. The zero-order valence-electron chi connectivity index (χ0n) is 8.36. The number of amides is 1. The summed E-state index contributed by atoms with van der Waals surface area (Å²) in [5.41, 5.74) is -5.59. The van der Waals surface area contributed by atoms with Gasteiger partial charge < -0.3 is 4.74 Å². The van der Waals surface area contributed by atoms with Crippen LogP contribution in [0.4, 0.5) is 18.0 Å². The van der Waals surface area contributed by atoms with Crippen LogP contribution in [0.1, 0.15) is 0 Å². The molecule has 10 heteroatoms. The van der Waals surface area contributed by atoms with Gasteiger partial charge in [0, 0.05) is 5.02 Å². The van der Waals surface area contributed by atoms with Crippen molar-refractivity contribution in [1.29, 1.82) is 0 Å². The highest BCUT2D eigenvalue weighted by atomic mass is 35.5. The molecule has 0 bridgehead atoms. The lowest BCUT2D eigenvalue weighted by Gasteiger charge is -2.09. The Kier molecular flexibility index (Phi) is 4.07. The molecule has 0 aromatic heterocycles. The molecule has 1 aromatic carbocycles. The van der Waals surface area contributed by atoms with Crippen LogP contribution < -0.4 is 9.46 Å². The Hall–Kier alpha value is -1.48. The van der Waals surface area contributed by atoms with Gasteiger partial charge in [-0.2, -0.15) is 21.6 Å². The van der Waals surface area contributed by atoms with Crippen LogP contribution in [0, 0.1) is 0 Å². The third-order valence-electron chi connectivity index (χ3n) is 1.55. The molecule has 0 heterocycles. The minimum absolute atomic E-state index is 0.158. The number of carbonyl (C=O) groups is 1. The predicted octanol–water partition coefficient (Wildman–Crippen LogP) is 2.28. The minimum Gasteiger partial charge on any atom is -0.410 e. The molecule has 1 amide bonds. The molecule has 0 aliphatic carbocycles. The van der Waals surface area contributed by atoms with Gasteiger partial charge in [-0.1, -0.05) is 11.6 Å². The third-order valence-corrected chi connectivity index (χ3v) is 2.84. The van der Waals surface area contributed by atoms with E-state index in [2.05, 4.69) is 4.74 Å². The largest absolute Gasteiger partial charge is 0.516 e. The number of nitrogens with one attached hydrogen (secondary N) is 1. The Morgan fingerprint density at radius 2 is 1.72 bits per heavy atom. The van der Waals surface area contributed by atoms with E-state index in [1.54, 1.807) is 0 Å². The first-order chi connectivity index (χ1) is 8.12. The standard InChI is InChI=1S/C8H5ClF3NO4S/c9-5-1-3-6(4-2-5)17-7(14)13-18(15,16)8(10,11)12/h1-4H,(H,13,14). The second-order valence-corrected chi connectivity index (χ2v) is 5.01. The smallest absolute Gasteiger partial charge is 0.410 e. The molecule has 1 aromatic rings. The second-order valence-electron chi connectivity index (χ2n) is 2.89. The summed E-state index contributed by atoms with van der Waals surface area (Å²) in [6.45, 7) is 0. The monoisotopic (exact) mass is 303 g/mol. The fraction of sp³-hybridized carbons (Fsp3) is 0.125. The molecule has 100 valence electrons. The van der Waals surface area contributed by atoms with Crippen molar-refractivity contribution in [2.24, 2.45) is 0 Å². The van der Waals surface area contributed by atoms with Crippen LogP contribution >= 0.6 is 11.6 Å². The Bertz CT molecular complexity index is 540. The summed E-state index contributed by atoms with van der Waals surface area (Å²) in [7, 11) is -5.78. The van der Waals surface area contributed by atoms with Gasteiger partial charge in [-0.15, -0.1) is 0 Å². The average molecular weight is 304 g/mol. The summed E-state index contributed by atoms with van der Waals surface area (Å²) >= 11 is 5.51. The molecule has 0 atom stereocenters. The number of halogens is 4. The van der Waals surface area contributed by atoms with Crippen molar-refractivity contribution in [2.45, 2.75) is 5.51 Å². The number of alkyl halides is 3. The molecule has 1 N–H and O–H groups in total. The van der Waals surface area contributed by atoms with Gasteiger partial charge in [-0.25, -0.2) is 9.52 Å². The summed E-state index contributed by atoms with van der Waals surface area (Å²) in [4.78, 5) is 10.9. The van der Waals surface area contributed by atoms with E-state index in [4.69, 9.17) is 11.6 Å². The Morgan fingerprint density at radius 1 is 1.22 bits per heavy atom. The van der Waals surface area contributed by atoms with Gasteiger partial charge in [0.15, 0.2) is 0 Å². The molecule has 0 saturated carbocycles. The molecule has 0 spiro atoms. The summed E-state index contributed by atoms with van der Waals surface area (Å²) in [6.07, 6.45) is -1.77. The van der Waals surface area contributed by atoms with Crippen LogP contribution in [-0.4, -0.2) is 20.0 Å². The van der Waals surface area contributed by atoms with Gasteiger partial charge in [-0.3, -0.25) is 0 Å². The van der Waals surface area contributed by atoms with Crippen LogP contribution in [0.5, 0.6) is 5.75 Å². The molecular weight excluding hydrogens is 299 g/mol. The zero-order chi connectivity index (χ0) is 14.0. The lowest BCUT2D eigenvalue weighted by molar-refractivity contribution is -0.0446. The predicted molar refractivity (Wildman–Crippen MR) is 55.6 cm³/mol. The molecule has 5 nitrogen and oxygen atoms in total. The fourth-order valence-corrected chi connectivity index (χ4v) is 1.30. The summed E-state index contributed by atoms with van der Waals surface area (Å²) < 4.78 is 61.9. The van der Waals surface area contributed by atoms with Crippen molar-refractivity contribution in [3.63, 3.8) is 0 Å². The van der Waals surface area contributed by atoms with E-state index < -0.39 is 21.6 Å². The number of rotatable bonds is 2. The lowest BCUT2D eigenvalue weighted by atomic mass is 10.3. The minimum atomic E-state index is -5.78. The molecule has 0 aliphatic heterocycles. The fourth-order valence-electron chi connectivity index (χ4n) is 0.798. The molecule has 0 radical (unpaired) electrons. The van der Waals surface area contributed by atoms with Gasteiger partial charge in [0.25, 0.3) is 0 Å². The highest BCUT2D eigenvalue weighted by Crippen LogP contribution is 2.22. The van der Waals surface area contributed by atoms with E-state index in [1.165, 1.54) is 24.3 Å². The number of carbonyl (C=O) groups excluding carboxylic acids is 1. The number of benzene rings is 1. The summed E-state index contributed by atoms with van der Waals surface area (Å²) in [5.74, 6) is -0.158. The molecule has 0 saturated heterocycles. The maximum absolute atomic E-state index is 11.9. The number of sulfonamides is 1. The molecule has 0 aliphatic rings. The van der Waals surface area contributed by atoms with E-state index >= 15 is 0 Å². The maximum atomic E-state index is 11.9. The molecule has 1 rings (SSSR count). The van der Waals surface area contributed by atoms with Crippen molar-refractivity contribution >= 4 is 27.7 Å². The molecule has 0 fully saturated rings. The van der Waals surface area contributed by atoms with Gasteiger partial charge in [0.2, 0.25) is 0 Å². The quantitative estimate of drug-likeness (QED) is 0.909. The third kappa shape index (κ3) is 3.77. The molecule has 18 heavy (non-hydrogen) atoms. The Balaban J connectivity index is 2.71. The van der Waals surface area contributed by atoms with E-state index in [0.29, 0.717) is 9.74 Å². The van der Waals surface area contributed by atoms with Crippen LogP contribution in [0.25, 0.3) is 0 Å². The Labute approximate surface area is 105 Å².